The lowest BCUT2D eigenvalue weighted by atomic mass is 10.1. The number of amides is 1. The van der Waals surface area contributed by atoms with E-state index < -0.39 is 17.6 Å². The van der Waals surface area contributed by atoms with E-state index in [1.54, 1.807) is 24.3 Å². The molecule has 0 saturated carbocycles. The summed E-state index contributed by atoms with van der Waals surface area (Å²) >= 11 is 0. The number of rotatable bonds is 6. The Labute approximate surface area is 159 Å². The second-order valence-corrected chi connectivity index (χ2v) is 7.41. The van der Waals surface area contributed by atoms with E-state index in [9.17, 15) is 9.59 Å². The molecular weight excluding hydrogens is 348 g/mol. The van der Waals surface area contributed by atoms with Crippen molar-refractivity contribution in [3.63, 3.8) is 0 Å². The van der Waals surface area contributed by atoms with E-state index >= 15 is 0 Å². The largest absolute Gasteiger partial charge is 0.489 e. The first kappa shape index (κ1) is 20.5. The first-order valence-electron chi connectivity index (χ1n) is 8.74. The van der Waals surface area contributed by atoms with Gasteiger partial charge in [0, 0.05) is 5.54 Å². The van der Waals surface area contributed by atoms with E-state index in [1.807, 2.05) is 34.6 Å². The monoisotopic (exact) mass is 374 g/mol. The van der Waals surface area contributed by atoms with Crippen molar-refractivity contribution in [3.05, 3.63) is 46.8 Å². The fourth-order valence-corrected chi connectivity index (χ4v) is 2.33. The Morgan fingerprint density at radius 2 is 1.96 bits per heavy atom. The van der Waals surface area contributed by atoms with Crippen molar-refractivity contribution >= 4 is 11.9 Å². The van der Waals surface area contributed by atoms with Crippen LogP contribution < -0.4 is 10.1 Å². The summed E-state index contributed by atoms with van der Waals surface area (Å²) in [5.41, 5.74) is 1.54. The first-order valence-corrected chi connectivity index (χ1v) is 8.74. The fourth-order valence-electron chi connectivity index (χ4n) is 2.33. The Hall–Kier alpha value is -2.83. The minimum Gasteiger partial charge on any atom is -0.489 e. The number of carbonyl (C=O) groups is 2. The summed E-state index contributed by atoms with van der Waals surface area (Å²) in [4.78, 5) is 24.4. The highest BCUT2D eigenvalue weighted by molar-refractivity contribution is 5.92. The van der Waals surface area contributed by atoms with Crippen molar-refractivity contribution in [1.29, 1.82) is 0 Å². The van der Waals surface area contributed by atoms with Crippen LogP contribution in [-0.2, 0) is 16.1 Å². The van der Waals surface area contributed by atoms with E-state index in [1.165, 1.54) is 6.92 Å². The SMILES string of the molecule is Cc1noc(C)c1COc1cccc(C(=O)O[C@H](C)C(=O)NC(C)(C)C)c1. The van der Waals surface area contributed by atoms with Gasteiger partial charge in [0.15, 0.2) is 6.10 Å². The molecular formula is C20H26N2O5. The molecule has 1 atom stereocenters. The predicted molar refractivity (Wildman–Crippen MR) is 99.5 cm³/mol. The van der Waals surface area contributed by atoms with Crippen LogP contribution in [0.5, 0.6) is 5.75 Å². The van der Waals surface area contributed by atoms with Crippen molar-refractivity contribution < 1.29 is 23.6 Å². The molecule has 0 bridgehead atoms. The van der Waals surface area contributed by atoms with E-state index in [-0.39, 0.29) is 12.5 Å². The molecule has 1 amide bonds. The minimum atomic E-state index is -0.899. The van der Waals surface area contributed by atoms with E-state index in [2.05, 4.69) is 10.5 Å². The van der Waals surface area contributed by atoms with Crippen LogP contribution >= 0.6 is 0 Å². The van der Waals surface area contributed by atoms with E-state index in [0.29, 0.717) is 17.1 Å². The fraction of sp³-hybridized carbons (Fsp3) is 0.450. The molecule has 0 aliphatic heterocycles. The molecule has 0 aliphatic rings. The van der Waals surface area contributed by atoms with Gasteiger partial charge in [0.05, 0.1) is 16.8 Å². The molecule has 2 rings (SSSR count). The van der Waals surface area contributed by atoms with Crippen LogP contribution in [-0.4, -0.2) is 28.7 Å². The maximum Gasteiger partial charge on any atom is 0.339 e. The molecule has 146 valence electrons. The Morgan fingerprint density at radius 1 is 1.26 bits per heavy atom. The van der Waals surface area contributed by atoms with Gasteiger partial charge in [-0.3, -0.25) is 4.79 Å². The average molecular weight is 374 g/mol. The second-order valence-electron chi connectivity index (χ2n) is 7.41. The Kier molecular flexibility index (Phi) is 6.25. The lowest BCUT2D eigenvalue weighted by Gasteiger charge is -2.23. The topological polar surface area (TPSA) is 90.7 Å². The molecule has 0 aliphatic carbocycles. The summed E-state index contributed by atoms with van der Waals surface area (Å²) < 4.78 is 16.1. The smallest absolute Gasteiger partial charge is 0.339 e. The van der Waals surface area contributed by atoms with Gasteiger partial charge in [-0.2, -0.15) is 0 Å². The summed E-state index contributed by atoms with van der Waals surface area (Å²) in [6, 6.07) is 6.62. The quantitative estimate of drug-likeness (QED) is 0.780. The molecule has 0 unspecified atom stereocenters. The van der Waals surface area contributed by atoms with Gasteiger partial charge in [-0.1, -0.05) is 11.2 Å². The number of carbonyl (C=O) groups excluding carboxylic acids is 2. The number of esters is 1. The zero-order valence-corrected chi connectivity index (χ0v) is 16.6. The molecule has 7 nitrogen and oxygen atoms in total. The molecule has 27 heavy (non-hydrogen) atoms. The highest BCUT2D eigenvalue weighted by Crippen LogP contribution is 2.19. The molecule has 2 aromatic rings. The number of ether oxygens (including phenoxy) is 2. The van der Waals surface area contributed by atoms with Crippen molar-refractivity contribution in [2.24, 2.45) is 0 Å². The first-order chi connectivity index (χ1) is 12.6. The predicted octanol–water partition coefficient (Wildman–Crippen LogP) is 3.33. The van der Waals surface area contributed by atoms with Crippen molar-refractivity contribution in [3.8, 4) is 5.75 Å². The van der Waals surface area contributed by atoms with Gasteiger partial charge >= 0.3 is 5.97 Å². The highest BCUT2D eigenvalue weighted by atomic mass is 16.5. The van der Waals surface area contributed by atoms with Crippen molar-refractivity contribution in [2.75, 3.05) is 0 Å². The minimum absolute atomic E-state index is 0.282. The molecule has 0 fully saturated rings. The van der Waals surface area contributed by atoms with Gasteiger partial charge in [-0.25, -0.2) is 4.79 Å². The summed E-state index contributed by atoms with van der Waals surface area (Å²) in [7, 11) is 0. The summed E-state index contributed by atoms with van der Waals surface area (Å²) in [5, 5.41) is 6.66. The standard InChI is InChI=1S/C20H26N2O5/c1-12-17(13(2)27-22-12)11-25-16-9-7-8-15(10-16)19(24)26-14(3)18(23)21-20(4,5)6/h7-10,14H,11H2,1-6H3,(H,21,23)/t14-/m1/s1. The van der Waals surface area contributed by atoms with Crippen LogP contribution in [0.1, 0.15) is 55.1 Å². The molecule has 1 aromatic heterocycles. The normalized spacial score (nSPS) is 12.4. The second kappa shape index (κ2) is 8.24. The molecule has 0 spiro atoms. The van der Waals surface area contributed by atoms with Crippen LogP contribution in [0, 0.1) is 13.8 Å². The lowest BCUT2D eigenvalue weighted by molar-refractivity contribution is -0.130. The van der Waals surface area contributed by atoms with Crippen LogP contribution in [0.2, 0.25) is 0 Å². The van der Waals surface area contributed by atoms with Gasteiger partial charge in [0.1, 0.15) is 18.1 Å². The zero-order valence-electron chi connectivity index (χ0n) is 16.6. The van der Waals surface area contributed by atoms with Crippen LogP contribution in [0.25, 0.3) is 0 Å². The number of hydrogen-bond acceptors (Lipinski definition) is 6. The molecule has 1 N–H and O–H groups in total. The highest BCUT2D eigenvalue weighted by Gasteiger charge is 2.23. The summed E-state index contributed by atoms with van der Waals surface area (Å²) in [5.74, 6) is 0.272. The molecule has 1 aromatic carbocycles. The Bertz CT molecular complexity index is 801. The third kappa shape index (κ3) is 5.84. The van der Waals surface area contributed by atoms with Crippen LogP contribution in [0.4, 0.5) is 0 Å². The number of aromatic nitrogens is 1. The summed E-state index contributed by atoms with van der Waals surface area (Å²) in [6.45, 7) is 11.1. The van der Waals surface area contributed by atoms with Crippen LogP contribution in [0.3, 0.4) is 0 Å². The van der Waals surface area contributed by atoms with Crippen molar-refractivity contribution in [2.45, 2.75) is 59.8 Å². The van der Waals surface area contributed by atoms with Gasteiger partial charge in [0.25, 0.3) is 5.91 Å². The molecule has 0 saturated heterocycles. The summed E-state index contributed by atoms with van der Waals surface area (Å²) in [6.07, 6.45) is -0.899. The maximum atomic E-state index is 12.3. The van der Waals surface area contributed by atoms with Gasteiger partial charge in [0.2, 0.25) is 0 Å². The molecule has 7 heteroatoms. The number of nitrogens with zero attached hydrogens (tertiary/aromatic N) is 1. The number of nitrogens with one attached hydrogen (secondary N) is 1. The van der Waals surface area contributed by atoms with Gasteiger partial charge < -0.3 is 19.3 Å². The number of hydrogen-bond donors (Lipinski definition) is 1. The van der Waals surface area contributed by atoms with E-state index in [4.69, 9.17) is 14.0 Å². The molecule has 0 radical (unpaired) electrons. The Balaban J connectivity index is 1.99. The van der Waals surface area contributed by atoms with E-state index in [0.717, 1.165) is 11.3 Å². The number of aryl methyl sites for hydroxylation is 2. The van der Waals surface area contributed by atoms with Gasteiger partial charge in [-0.15, -0.1) is 0 Å². The third-order valence-electron chi connectivity index (χ3n) is 3.79. The third-order valence-corrected chi connectivity index (χ3v) is 3.79. The molecule has 1 heterocycles. The number of benzene rings is 1. The van der Waals surface area contributed by atoms with Crippen LogP contribution in [0.15, 0.2) is 28.8 Å². The van der Waals surface area contributed by atoms with Crippen molar-refractivity contribution in [1.82, 2.24) is 10.5 Å². The van der Waals surface area contributed by atoms with Gasteiger partial charge in [-0.05, 0) is 59.7 Å². The zero-order chi connectivity index (χ0) is 20.2. The Morgan fingerprint density at radius 3 is 2.56 bits per heavy atom. The maximum absolute atomic E-state index is 12.3. The lowest BCUT2D eigenvalue weighted by Crippen LogP contribution is -2.46. The average Bonchev–Trinajstić information content (AvgIpc) is 2.90.